The molecule has 7 rings (SSSR count). The van der Waals surface area contributed by atoms with Gasteiger partial charge in [-0.15, -0.1) is 34.5 Å². The molecule has 3 amide bonds. The Labute approximate surface area is 203 Å². The lowest BCUT2D eigenvalue weighted by Gasteiger charge is -2.54. The van der Waals surface area contributed by atoms with Crippen LogP contribution in [0.25, 0.3) is 0 Å². The zero-order valence-electron chi connectivity index (χ0n) is 17.3. The summed E-state index contributed by atoms with van der Waals surface area (Å²) in [7, 11) is 0. The third kappa shape index (κ3) is 2.45. The minimum atomic E-state index is -1.26. The van der Waals surface area contributed by atoms with E-state index in [4.69, 9.17) is 23.2 Å². The van der Waals surface area contributed by atoms with Crippen LogP contribution in [0.15, 0.2) is 60.1 Å². The molecule has 0 unspecified atom stereocenters. The van der Waals surface area contributed by atoms with Crippen molar-refractivity contribution in [2.24, 2.45) is 11.8 Å². The monoisotopic (exact) mass is 497 g/mol. The molecule has 1 N–H and O–H groups in total. The number of anilines is 1. The molecule has 2 bridgehead atoms. The molecule has 2 aromatic carbocycles. The molecule has 9 heteroatoms. The highest BCUT2D eigenvalue weighted by molar-refractivity contribution is 7.13. The van der Waals surface area contributed by atoms with E-state index in [1.54, 1.807) is 11.6 Å². The van der Waals surface area contributed by atoms with Crippen LogP contribution in [0.2, 0.25) is 0 Å². The minimum absolute atomic E-state index is 0.394. The number of halogens is 2. The van der Waals surface area contributed by atoms with E-state index in [0.717, 1.165) is 27.2 Å². The van der Waals surface area contributed by atoms with Gasteiger partial charge in [0.05, 0.1) is 11.8 Å². The number of rotatable bonds is 3. The summed E-state index contributed by atoms with van der Waals surface area (Å²) in [4.78, 5) is 43.1. The summed E-state index contributed by atoms with van der Waals surface area (Å²) < 4.78 is 0. The molecule has 1 aromatic heterocycles. The van der Waals surface area contributed by atoms with Crippen LogP contribution in [0.4, 0.5) is 5.13 Å². The lowest BCUT2D eigenvalue weighted by atomic mass is 9.54. The lowest BCUT2D eigenvalue weighted by molar-refractivity contribution is -0.146. The molecule has 33 heavy (non-hydrogen) atoms. The van der Waals surface area contributed by atoms with Gasteiger partial charge in [-0.25, -0.2) is 4.98 Å². The van der Waals surface area contributed by atoms with Gasteiger partial charge in [0.1, 0.15) is 15.8 Å². The third-order valence-corrected chi connectivity index (χ3v) is 9.02. The molecule has 1 saturated heterocycles. The summed E-state index contributed by atoms with van der Waals surface area (Å²) in [6.45, 7) is 1.53. The Kier molecular flexibility index (Phi) is 4.35. The predicted molar refractivity (Wildman–Crippen MR) is 125 cm³/mol. The first-order chi connectivity index (χ1) is 15.8. The molecule has 1 fully saturated rings. The van der Waals surface area contributed by atoms with Crippen LogP contribution < -0.4 is 5.32 Å². The van der Waals surface area contributed by atoms with E-state index >= 15 is 0 Å². The second-order valence-corrected chi connectivity index (χ2v) is 10.6. The zero-order chi connectivity index (χ0) is 23.1. The van der Waals surface area contributed by atoms with E-state index in [1.807, 2.05) is 48.5 Å². The van der Waals surface area contributed by atoms with Gasteiger partial charge in [-0.3, -0.25) is 19.3 Å². The number of imide groups is 1. The number of benzene rings is 2. The summed E-state index contributed by atoms with van der Waals surface area (Å²) >= 11 is 16.0. The Morgan fingerprint density at radius 3 is 1.82 bits per heavy atom. The molecule has 3 aliphatic carbocycles. The largest absolute Gasteiger partial charge is 0.300 e. The highest BCUT2D eigenvalue weighted by atomic mass is 35.5. The number of aromatic nitrogens is 1. The molecule has 166 valence electrons. The Morgan fingerprint density at radius 1 is 0.970 bits per heavy atom. The molecule has 3 aromatic rings. The molecular weight excluding hydrogens is 481 g/mol. The Balaban J connectivity index is 1.50. The number of alkyl halides is 2. The lowest BCUT2D eigenvalue weighted by Crippen LogP contribution is -2.57. The van der Waals surface area contributed by atoms with Gasteiger partial charge in [0, 0.05) is 11.6 Å². The molecule has 0 radical (unpaired) electrons. The van der Waals surface area contributed by atoms with Gasteiger partial charge in [0.2, 0.25) is 17.7 Å². The number of carbonyl (C=O) groups is 3. The molecule has 3 atom stereocenters. The van der Waals surface area contributed by atoms with Gasteiger partial charge in [0.25, 0.3) is 0 Å². The van der Waals surface area contributed by atoms with Crippen molar-refractivity contribution in [3.63, 3.8) is 0 Å². The quantitative estimate of drug-likeness (QED) is 0.437. The summed E-state index contributed by atoms with van der Waals surface area (Å²) in [6, 6.07) is 13.8. The number of amides is 3. The van der Waals surface area contributed by atoms with Crippen molar-refractivity contribution in [1.82, 2.24) is 9.88 Å². The standard InChI is InChI=1S/C24H17Cl2N3O3S/c1-12(19(30)28-22-27-10-11-33-22)29-20(31)17-18(21(29)32)24(26)14-7-3-2-6-13(14)23(17,25)15-8-4-5-9-16(15)24/h2-12,17-18H,1H3,(H,27,28,30)/t12-,17+,18+,23?,24?/m1/s1. The van der Waals surface area contributed by atoms with Crippen LogP contribution in [0.5, 0.6) is 0 Å². The van der Waals surface area contributed by atoms with Gasteiger partial charge >= 0.3 is 0 Å². The predicted octanol–water partition coefficient (Wildman–Crippen LogP) is 4.06. The summed E-state index contributed by atoms with van der Waals surface area (Å²) in [5.41, 5.74) is 2.91. The summed E-state index contributed by atoms with van der Waals surface area (Å²) in [5.74, 6) is -3.33. The normalized spacial score (nSPS) is 30.0. The van der Waals surface area contributed by atoms with Gasteiger partial charge in [0.15, 0.2) is 5.13 Å². The Bertz CT molecular complexity index is 1220. The fourth-order valence-corrected chi connectivity index (χ4v) is 7.31. The average molecular weight is 498 g/mol. The Morgan fingerprint density at radius 2 is 1.42 bits per heavy atom. The fourth-order valence-electron chi connectivity index (χ4n) is 5.68. The first-order valence-corrected chi connectivity index (χ1v) is 12.1. The first kappa shape index (κ1) is 20.8. The van der Waals surface area contributed by atoms with Crippen molar-refractivity contribution in [1.29, 1.82) is 0 Å². The second kappa shape index (κ2) is 6.88. The number of hydrogen-bond donors (Lipinski definition) is 1. The average Bonchev–Trinajstić information content (AvgIpc) is 3.42. The summed E-state index contributed by atoms with van der Waals surface area (Å²) in [6.07, 6.45) is 1.56. The maximum atomic E-state index is 13.8. The molecule has 0 saturated carbocycles. The van der Waals surface area contributed by atoms with Gasteiger partial charge in [-0.05, 0) is 29.2 Å². The fraction of sp³-hybridized carbons (Fsp3) is 0.250. The smallest absolute Gasteiger partial charge is 0.249 e. The van der Waals surface area contributed by atoms with Crippen molar-refractivity contribution >= 4 is 57.4 Å². The number of carbonyl (C=O) groups excluding carboxylic acids is 3. The molecule has 6 nitrogen and oxygen atoms in total. The molecular formula is C24H17Cl2N3O3S. The number of nitrogens with one attached hydrogen (secondary N) is 1. The number of thiazole rings is 1. The van der Waals surface area contributed by atoms with Crippen molar-refractivity contribution in [2.45, 2.75) is 22.7 Å². The maximum Gasteiger partial charge on any atom is 0.249 e. The molecule has 0 spiro atoms. The van der Waals surface area contributed by atoms with E-state index in [2.05, 4.69) is 10.3 Å². The maximum absolute atomic E-state index is 13.8. The SMILES string of the molecule is C[C@H](C(=O)Nc1nccs1)N1C(=O)[C@@H]2[C@@H](C1=O)C1(Cl)c3ccccc3C2(Cl)c2ccccc21. The van der Waals surface area contributed by atoms with E-state index in [9.17, 15) is 14.4 Å². The highest BCUT2D eigenvalue weighted by Gasteiger charge is 2.73. The van der Waals surface area contributed by atoms with Crippen LogP contribution in [-0.2, 0) is 24.1 Å². The molecule has 4 aliphatic rings. The summed E-state index contributed by atoms with van der Waals surface area (Å²) in [5, 5.41) is 4.79. The highest BCUT2D eigenvalue weighted by Crippen LogP contribution is 2.69. The zero-order valence-corrected chi connectivity index (χ0v) is 19.6. The number of nitrogens with zero attached hydrogens (tertiary/aromatic N) is 2. The van der Waals surface area contributed by atoms with Crippen molar-refractivity contribution < 1.29 is 14.4 Å². The van der Waals surface area contributed by atoms with E-state index < -0.39 is 45.3 Å². The van der Waals surface area contributed by atoms with Crippen LogP contribution in [-0.4, -0.2) is 33.6 Å². The van der Waals surface area contributed by atoms with E-state index in [1.165, 1.54) is 18.3 Å². The van der Waals surface area contributed by atoms with Crippen LogP contribution >= 0.6 is 34.5 Å². The third-order valence-electron chi connectivity index (χ3n) is 7.05. The van der Waals surface area contributed by atoms with Crippen molar-refractivity contribution in [3.8, 4) is 0 Å². The second-order valence-electron chi connectivity index (χ2n) is 8.52. The number of likely N-dealkylation sites (tertiary alicyclic amines) is 1. The Hall–Kier alpha value is -2.74. The van der Waals surface area contributed by atoms with E-state index in [0.29, 0.717) is 5.13 Å². The van der Waals surface area contributed by atoms with E-state index in [-0.39, 0.29) is 0 Å². The van der Waals surface area contributed by atoms with Crippen molar-refractivity contribution in [2.75, 3.05) is 5.32 Å². The van der Waals surface area contributed by atoms with Crippen LogP contribution in [0.1, 0.15) is 29.2 Å². The van der Waals surface area contributed by atoms with Crippen LogP contribution in [0, 0.1) is 11.8 Å². The topological polar surface area (TPSA) is 79.4 Å². The minimum Gasteiger partial charge on any atom is -0.300 e. The molecule has 2 heterocycles. The number of hydrogen-bond acceptors (Lipinski definition) is 5. The van der Waals surface area contributed by atoms with Gasteiger partial charge in [-0.1, -0.05) is 48.5 Å². The molecule has 1 aliphatic heterocycles. The van der Waals surface area contributed by atoms with Gasteiger partial charge < -0.3 is 5.32 Å². The van der Waals surface area contributed by atoms with Crippen molar-refractivity contribution in [3.05, 3.63) is 82.4 Å². The van der Waals surface area contributed by atoms with Gasteiger partial charge in [-0.2, -0.15) is 0 Å². The first-order valence-electron chi connectivity index (χ1n) is 10.5. The van der Waals surface area contributed by atoms with Crippen LogP contribution in [0.3, 0.4) is 0 Å².